The number of alkyl halides is 1. The molecule has 2 saturated heterocycles. The van der Waals surface area contributed by atoms with E-state index in [2.05, 4.69) is 56.8 Å². The first-order valence-corrected chi connectivity index (χ1v) is 28.0. The number of piperidine rings is 2. The van der Waals surface area contributed by atoms with Gasteiger partial charge in [-0.2, -0.15) is 0 Å². The topological polar surface area (TPSA) is 223 Å². The van der Waals surface area contributed by atoms with Crippen LogP contribution in [-0.2, 0) is 9.59 Å². The van der Waals surface area contributed by atoms with Gasteiger partial charge in [-0.25, -0.2) is 28.7 Å². The molecular weight excluding hydrogens is 1190 g/mol. The number of aromatic nitrogens is 6. The van der Waals surface area contributed by atoms with E-state index in [1.54, 1.807) is 40.4 Å². The number of aromatic amines is 2. The fraction of sp³-hybridized carbons (Fsp3) is 0.267. The maximum absolute atomic E-state index is 14.7. The predicted molar refractivity (Wildman–Crippen MR) is 335 cm³/mol. The van der Waals surface area contributed by atoms with Crippen LogP contribution in [0.2, 0.25) is 10.0 Å². The molecule has 0 saturated carbocycles. The summed E-state index contributed by atoms with van der Waals surface area (Å²) < 4.78 is 28.4. The molecule has 83 heavy (non-hydrogen) atoms. The number of carbonyl (C=O) groups excluding carboxylic acids is 4. The maximum atomic E-state index is 14.7. The lowest BCUT2D eigenvalue weighted by Gasteiger charge is -2.32. The number of anilines is 4. The number of nitrogens with two attached hydrogens (primary N) is 1. The molecule has 0 unspecified atom stereocenters. The van der Waals surface area contributed by atoms with Gasteiger partial charge in [0.15, 0.2) is 0 Å². The van der Waals surface area contributed by atoms with E-state index in [0.717, 1.165) is 45.8 Å². The Balaban J connectivity index is 0.000000238. The van der Waals surface area contributed by atoms with Gasteiger partial charge in [0, 0.05) is 113 Å². The van der Waals surface area contributed by atoms with E-state index >= 15 is 0 Å². The molecule has 0 aliphatic carbocycles. The normalized spacial score (nSPS) is 13.7. The van der Waals surface area contributed by atoms with E-state index in [-0.39, 0.29) is 55.7 Å². The lowest BCUT2D eigenvalue weighted by Crippen LogP contribution is -2.42. The van der Waals surface area contributed by atoms with Crippen LogP contribution in [0.3, 0.4) is 0 Å². The average Bonchev–Trinajstić information content (AvgIpc) is 4.11. The van der Waals surface area contributed by atoms with Crippen LogP contribution >= 0.6 is 50.7 Å². The van der Waals surface area contributed by atoms with Crippen LogP contribution in [0.25, 0.3) is 44.3 Å². The number of carbonyl (C=O) groups is 4. The summed E-state index contributed by atoms with van der Waals surface area (Å²) in [6.45, 7) is 2.68. The fourth-order valence-corrected chi connectivity index (χ4v) is 9.72. The van der Waals surface area contributed by atoms with Crippen molar-refractivity contribution in [3.8, 4) is 22.5 Å². The van der Waals surface area contributed by atoms with E-state index in [0.29, 0.717) is 89.8 Å². The Morgan fingerprint density at radius 3 is 1.60 bits per heavy atom. The molecule has 8 aromatic rings. The Morgan fingerprint density at radius 1 is 0.699 bits per heavy atom. The van der Waals surface area contributed by atoms with E-state index < -0.39 is 22.8 Å². The van der Waals surface area contributed by atoms with Gasteiger partial charge in [-0.15, -0.1) is 0 Å². The van der Waals surface area contributed by atoms with Gasteiger partial charge in [0.05, 0.1) is 45.2 Å². The molecule has 17 nitrogen and oxygen atoms in total. The molecule has 0 bridgehead atoms. The first kappa shape index (κ1) is 64.4. The van der Waals surface area contributed by atoms with Crippen LogP contribution in [0.4, 0.5) is 32.1 Å². The SMILES string of the molecule is C.C.CN(C)C/C=C/C(=O)Nc1ccc(C(=O)N2CCC(Nc3ncc(Cl)c(-c4c[nH]c5ccccc45)n3)CC2)cc1F.Nc1ccc(C(=O)N2CCC(Nc3ncc(Cl)c(-c4c[nH]c5ccccc45)n3)CC2)cc1F.O=C(Cl)/C=C/CBr. The highest BCUT2D eigenvalue weighted by Crippen LogP contribution is 2.34. The number of hydrogen-bond donors (Lipinski definition) is 6. The molecule has 4 aromatic heterocycles. The third-order valence-corrected chi connectivity index (χ3v) is 14.3. The van der Waals surface area contributed by atoms with Crippen molar-refractivity contribution in [2.45, 2.75) is 52.6 Å². The summed E-state index contributed by atoms with van der Waals surface area (Å²) in [6.07, 6.45) is 15.7. The number of nitrogen functional groups attached to an aromatic ring is 1. The first-order valence-electron chi connectivity index (χ1n) is 25.7. The Kier molecular flexibility index (Phi) is 23.7. The molecule has 0 radical (unpaired) electrons. The lowest BCUT2D eigenvalue weighted by atomic mass is 10.0. The van der Waals surface area contributed by atoms with Crippen molar-refractivity contribution in [3.05, 3.63) is 167 Å². The Hall–Kier alpha value is -7.75. The molecule has 2 aliphatic rings. The molecule has 2 aliphatic heterocycles. The summed E-state index contributed by atoms with van der Waals surface area (Å²) in [5.74, 6) is -1.17. The molecule has 2 fully saturated rings. The highest BCUT2D eigenvalue weighted by Gasteiger charge is 2.27. The zero-order valence-corrected chi connectivity index (χ0v) is 47.9. The molecular formula is C60H65BrCl3F2N13O4. The Morgan fingerprint density at radius 2 is 1.17 bits per heavy atom. The number of benzene rings is 4. The first-order chi connectivity index (χ1) is 39.0. The monoisotopic (exact) mass is 1250 g/mol. The standard InChI is InChI=1S/C30H31ClFN7O2.C24H22ClFN6O.C4H4BrClO.2CH4/c1-38(2)13-5-8-27(40)36-26-10-9-19(16-24(26)32)29(41)39-14-11-20(12-15-39)35-30-34-18-23(31)28(37-30)22-17-33-25-7-4-3-6-21(22)25;25-18-13-29-24(31-22(18)17-12-28-21-4-2-1-3-16(17)21)30-15-7-9-32(10-8-15)23(33)14-5-6-20(27)19(26)11-14;5-3-1-2-4(6)7;;/h3-10,16-18,20,33H,11-15H2,1-2H3,(H,36,40)(H,34,35,37);1-6,11-13,15,28H,7-10,27H2,(H,29,30,31);1-2H,3H2;2*1H4/b8-5+;;2-1+;;. The summed E-state index contributed by atoms with van der Waals surface area (Å²) in [6, 6.07) is 24.3. The highest BCUT2D eigenvalue weighted by molar-refractivity contribution is 9.09. The van der Waals surface area contributed by atoms with Crippen LogP contribution < -0.4 is 21.7 Å². The summed E-state index contributed by atoms with van der Waals surface area (Å²) in [7, 11) is 3.76. The van der Waals surface area contributed by atoms with Crippen molar-refractivity contribution in [2.75, 3.05) is 73.8 Å². The minimum absolute atomic E-state index is 0. The largest absolute Gasteiger partial charge is 0.396 e. The number of halogens is 6. The van der Waals surface area contributed by atoms with Gasteiger partial charge in [0.2, 0.25) is 23.0 Å². The second-order valence-corrected chi connectivity index (χ2v) is 21.0. The van der Waals surface area contributed by atoms with Gasteiger partial charge in [-0.3, -0.25) is 19.2 Å². The summed E-state index contributed by atoms with van der Waals surface area (Å²) in [5, 5.41) is 12.5. The number of rotatable bonds is 14. The van der Waals surface area contributed by atoms with Crippen LogP contribution in [-0.4, -0.2) is 132 Å². The Labute approximate surface area is 504 Å². The molecule has 0 atom stereocenters. The van der Waals surface area contributed by atoms with Crippen molar-refractivity contribution in [3.63, 3.8) is 0 Å². The van der Waals surface area contributed by atoms with E-state index in [1.165, 1.54) is 42.5 Å². The van der Waals surface area contributed by atoms with Gasteiger partial charge < -0.3 is 46.4 Å². The number of para-hydroxylation sites is 2. The summed E-state index contributed by atoms with van der Waals surface area (Å²) in [4.78, 5) is 77.6. The number of nitrogens with zero attached hydrogens (tertiary/aromatic N) is 7. The summed E-state index contributed by atoms with van der Waals surface area (Å²) in [5.41, 5.74) is 11.2. The van der Waals surface area contributed by atoms with Gasteiger partial charge in [0.1, 0.15) is 11.6 Å². The van der Waals surface area contributed by atoms with Crippen LogP contribution in [0.5, 0.6) is 0 Å². The van der Waals surface area contributed by atoms with Crippen LogP contribution in [0.1, 0.15) is 61.3 Å². The third-order valence-electron chi connectivity index (χ3n) is 13.2. The molecule has 436 valence electrons. The van der Waals surface area contributed by atoms with Crippen molar-refractivity contribution in [1.29, 1.82) is 0 Å². The predicted octanol–water partition coefficient (Wildman–Crippen LogP) is 12.9. The van der Waals surface area contributed by atoms with E-state index in [9.17, 15) is 28.0 Å². The zero-order valence-electron chi connectivity index (χ0n) is 44.0. The lowest BCUT2D eigenvalue weighted by molar-refractivity contribution is -0.112. The molecule has 4 aromatic carbocycles. The number of likely N-dealkylation sites (tertiary alicyclic amines) is 2. The highest BCUT2D eigenvalue weighted by atomic mass is 79.9. The smallest absolute Gasteiger partial charge is 0.253 e. The molecule has 0 spiro atoms. The molecule has 6 heterocycles. The second-order valence-electron chi connectivity index (χ2n) is 19.1. The quantitative estimate of drug-likeness (QED) is 0.0259. The molecule has 23 heteroatoms. The van der Waals surface area contributed by atoms with Gasteiger partial charge in [0.25, 0.3) is 11.8 Å². The van der Waals surface area contributed by atoms with Gasteiger partial charge in [-0.1, -0.05) is 103 Å². The van der Waals surface area contributed by atoms with E-state index in [1.807, 2.05) is 79.9 Å². The third kappa shape index (κ3) is 17.2. The van der Waals surface area contributed by atoms with Crippen molar-refractivity contribution < 1.29 is 28.0 Å². The van der Waals surface area contributed by atoms with Crippen molar-refractivity contribution in [1.82, 2.24) is 44.6 Å². The average molecular weight is 1260 g/mol. The molecule has 10 rings (SSSR count). The number of nitrogens with one attached hydrogen (secondary N) is 5. The van der Waals surface area contributed by atoms with Gasteiger partial charge in [-0.05, 0) is 106 Å². The minimum Gasteiger partial charge on any atom is -0.396 e. The number of hydrogen-bond acceptors (Lipinski definition) is 12. The minimum atomic E-state index is -0.660. The van der Waals surface area contributed by atoms with Crippen molar-refractivity contribution in [2.24, 2.45) is 0 Å². The van der Waals surface area contributed by atoms with Gasteiger partial charge >= 0.3 is 0 Å². The van der Waals surface area contributed by atoms with Crippen LogP contribution in [0, 0.1) is 11.6 Å². The second kappa shape index (κ2) is 30.5. The molecule has 7 N–H and O–H groups in total. The number of likely N-dealkylation sites (N-methyl/N-ethyl adjacent to an activating group) is 1. The Bertz CT molecular complexity index is 3600. The number of allylic oxidation sites excluding steroid dienone is 2. The van der Waals surface area contributed by atoms with E-state index in [4.69, 9.17) is 45.5 Å². The fourth-order valence-electron chi connectivity index (χ4n) is 9.06. The number of fused-ring (bicyclic) bond motifs is 2. The molecule has 3 amide bonds. The number of amides is 3. The zero-order chi connectivity index (χ0) is 57.6. The van der Waals surface area contributed by atoms with Crippen LogP contribution in [0.15, 0.2) is 134 Å². The summed E-state index contributed by atoms with van der Waals surface area (Å²) >= 11 is 20.9. The van der Waals surface area contributed by atoms with Crippen molar-refractivity contribution >= 4 is 119 Å². The number of H-pyrrole nitrogens is 2. The maximum Gasteiger partial charge on any atom is 0.253 e.